The van der Waals surface area contributed by atoms with E-state index in [0.29, 0.717) is 17.4 Å². The van der Waals surface area contributed by atoms with Gasteiger partial charge in [-0.2, -0.15) is 0 Å². The van der Waals surface area contributed by atoms with Crippen LogP contribution in [0.25, 0.3) is 0 Å². The van der Waals surface area contributed by atoms with E-state index in [4.69, 9.17) is 4.74 Å². The molecular formula is C25H33N3O3S. The summed E-state index contributed by atoms with van der Waals surface area (Å²) in [5, 5.41) is -0.155. The van der Waals surface area contributed by atoms with Crippen LogP contribution in [-0.2, 0) is 27.6 Å². The Hall–Kier alpha value is -1.99. The molecule has 1 saturated heterocycles. The zero-order valence-corrected chi connectivity index (χ0v) is 19.6. The molecule has 1 aliphatic heterocycles. The van der Waals surface area contributed by atoms with Crippen molar-refractivity contribution in [1.82, 2.24) is 9.97 Å². The molecule has 3 fully saturated rings. The first kappa shape index (κ1) is 21.8. The lowest BCUT2D eigenvalue weighted by atomic mass is 9.91. The second kappa shape index (κ2) is 9.10. The van der Waals surface area contributed by atoms with E-state index in [2.05, 4.69) is 21.8 Å². The lowest BCUT2D eigenvalue weighted by molar-refractivity contribution is 0.104. The fourth-order valence-electron chi connectivity index (χ4n) is 4.94. The van der Waals surface area contributed by atoms with Crippen molar-refractivity contribution in [3.05, 3.63) is 47.8 Å². The number of aromatic nitrogens is 2. The van der Waals surface area contributed by atoms with Crippen molar-refractivity contribution >= 4 is 15.8 Å². The normalized spacial score (nSPS) is 24.0. The monoisotopic (exact) mass is 455 g/mol. The Morgan fingerprint density at radius 1 is 1.00 bits per heavy atom. The quantitative estimate of drug-likeness (QED) is 0.568. The molecule has 0 bridgehead atoms. The number of anilines is 1. The van der Waals surface area contributed by atoms with Gasteiger partial charge in [-0.25, -0.2) is 18.4 Å². The van der Waals surface area contributed by atoms with Gasteiger partial charge in [-0.1, -0.05) is 19.1 Å². The van der Waals surface area contributed by atoms with Crippen LogP contribution in [0, 0.1) is 17.8 Å². The molecule has 3 aliphatic rings. The molecule has 32 heavy (non-hydrogen) atoms. The number of benzene rings is 1. The molecule has 2 saturated carbocycles. The first-order valence-corrected chi connectivity index (χ1v) is 13.6. The summed E-state index contributed by atoms with van der Waals surface area (Å²) in [6, 6.07) is 7.26. The van der Waals surface area contributed by atoms with Crippen molar-refractivity contribution in [3.63, 3.8) is 0 Å². The molecule has 2 aliphatic carbocycles. The van der Waals surface area contributed by atoms with Crippen LogP contribution < -0.4 is 4.90 Å². The van der Waals surface area contributed by atoms with Gasteiger partial charge in [-0.3, -0.25) is 0 Å². The lowest BCUT2D eigenvalue weighted by Gasteiger charge is -2.32. The summed E-state index contributed by atoms with van der Waals surface area (Å²) < 4.78 is 30.6. The Morgan fingerprint density at radius 3 is 2.31 bits per heavy atom. The summed E-state index contributed by atoms with van der Waals surface area (Å²) in [6.07, 6.45) is 10.1. The minimum absolute atomic E-state index is 0.155. The van der Waals surface area contributed by atoms with Gasteiger partial charge in [0.1, 0.15) is 0 Å². The van der Waals surface area contributed by atoms with Crippen molar-refractivity contribution < 1.29 is 13.2 Å². The highest BCUT2D eigenvalue weighted by Crippen LogP contribution is 2.48. The average molecular weight is 456 g/mol. The molecular weight excluding hydrogens is 422 g/mol. The summed E-state index contributed by atoms with van der Waals surface area (Å²) in [5.41, 5.74) is 2.23. The van der Waals surface area contributed by atoms with Crippen LogP contribution in [-0.4, -0.2) is 43.3 Å². The zero-order chi connectivity index (χ0) is 22.1. The van der Waals surface area contributed by atoms with Gasteiger partial charge in [0.2, 0.25) is 5.95 Å². The van der Waals surface area contributed by atoms with Crippen molar-refractivity contribution in [3.8, 4) is 0 Å². The van der Waals surface area contributed by atoms with Gasteiger partial charge in [0.25, 0.3) is 0 Å². The van der Waals surface area contributed by atoms with E-state index in [1.54, 1.807) is 12.1 Å². The van der Waals surface area contributed by atoms with Gasteiger partial charge >= 0.3 is 0 Å². The highest BCUT2D eigenvalue weighted by atomic mass is 32.2. The van der Waals surface area contributed by atoms with Crippen LogP contribution >= 0.6 is 0 Å². The number of ether oxygens (including phenoxy) is 1. The first-order valence-electron chi connectivity index (χ1n) is 12.0. The summed E-state index contributed by atoms with van der Waals surface area (Å²) >= 11 is 0. The van der Waals surface area contributed by atoms with E-state index >= 15 is 0 Å². The zero-order valence-electron chi connectivity index (χ0n) is 18.8. The number of hydrogen-bond acceptors (Lipinski definition) is 6. The number of piperidine rings is 1. The fourth-order valence-corrected chi connectivity index (χ4v) is 6.59. The number of hydrogen-bond donors (Lipinski definition) is 0. The predicted molar refractivity (Wildman–Crippen MR) is 124 cm³/mol. The fraction of sp³-hybridized carbons (Fsp3) is 0.600. The maximum absolute atomic E-state index is 12.3. The summed E-state index contributed by atoms with van der Waals surface area (Å²) in [4.78, 5) is 11.8. The van der Waals surface area contributed by atoms with E-state index in [1.165, 1.54) is 24.8 Å². The molecule has 2 aromatic rings. The Labute approximate surface area is 191 Å². The minimum Gasteiger partial charge on any atom is -0.376 e. The molecule has 6 nitrogen and oxygen atoms in total. The Morgan fingerprint density at radius 2 is 1.69 bits per heavy atom. The number of aryl methyl sites for hydroxylation is 1. The summed E-state index contributed by atoms with van der Waals surface area (Å²) in [5.74, 6) is 3.10. The van der Waals surface area contributed by atoms with Gasteiger partial charge in [0.05, 0.1) is 23.4 Å². The largest absolute Gasteiger partial charge is 0.376 e. The molecule has 0 N–H and O–H groups in total. The molecule has 172 valence electrons. The van der Waals surface area contributed by atoms with E-state index in [9.17, 15) is 8.42 Å². The third-order valence-corrected chi connectivity index (χ3v) is 9.60. The van der Waals surface area contributed by atoms with Crippen LogP contribution in [0.5, 0.6) is 0 Å². The number of sulfone groups is 1. The van der Waals surface area contributed by atoms with Gasteiger partial charge < -0.3 is 9.64 Å². The molecule has 1 aromatic heterocycles. The Balaban J connectivity index is 1.03. The van der Waals surface area contributed by atoms with Gasteiger partial charge in [-0.15, -0.1) is 0 Å². The van der Waals surface area contributed by atoms with E-state index < -0.39 is 9.84 Å². The standard InChI is InChI=1S/C25H33N3O3S/c1-2-18-14-26-25(27-15-18)28-11-9-20(10-12-28)24-13-21(24)17-31-16-19-3-5-22(6-4-19)32(29,30)23-7-8-23/h3-6,14-15,20-21,23-24H,2,7-13,16-17H2,1H3. The number of nitrogens with zero attached hydrogens (tertiary/aromatic N) is 3. The molecule has 2 unspecified atom stereocenters. The van der Waals surface area contributed by atoms with Crippen molar-refractivity contribution in [2.75, 3.05) is 24.6 Å². The molecule has 0 amide bonds. The van der Waals surface area contributed by atoms with E-state index in [-0.39, 0.29) is 5.25 Å². The van der Waals surface area contributed by atoms with Crippen molar-refractivity contribution in [2.45, 2.75) is 62.2 Å². The smallest absolute Gasteiger partial charge is 0.225 e. The molecule has 5 rings (SSSR count). The topological polar surface area (TPSA) is 72.4 Å². The van der Waals surface area contributed by atoms with E-state index in [1.807, 2.05) is 24.5 Å². The molecule has 0 spiro atoms. The van der Waals surface area contributed by atoms with Crippen LogP contribution in [0.1, 0.15) is 50.2 Å². The second-order valence-electron chi connectivity index (χ2n) is 9.63. The molecule has 7 heteroatoms. The Bertz CT molecular complexity index is 1010. The highest BCUT2D eigenvalue weighted by Gasteiger charge is 2.43. The van der Waals surface area contributed by atoms with Crippen LogP contribution in [0.2, 0.25) is 0 Å². The van der Waals surface area contributed by atoms with Crippen LogP contribution in [0.3, 0.4) is 0 Å². The summed E-state index contributed by atoms with van der Waals surface area (Å²) in [6.45, 7) is 5.55. The van der Waals surface area contributed by atoms with Crippen molar-refractivity contribution in [1.29, 1.82) is 0 Å². The molecule has 2 atom stereocenters. The Kier molecular flexibility index (Phi) is 6.21. The summed E-state index contributed by atoms with van der Waals surface area (Å²) in [7, 11) is -3.10. The maximum Gasteiger partial charge on any atom is 0.225 e. The maximum atomic E-state index is 12.3. The van der Waals surface area contributed by atoms with Crippen molar-refractivity contribution in [2.24, 2.45) is 17.8 Å². The van der Waals surface area contributed by atoms with E-state index in [0.717, 1.165) is 62.3 Å². The highest BCUT2D eigenvalue weighted by molar-refractivity contribution is 7.92. The lowest BCUT2D eigenvalue weighted by Crippen LogP contribution is -2.35. The van der Waals surface area contributed by atoms with Gasteiger partial charge in [0, 0.05) is 25.5 Å². The van der Waals surface area contributed by atoms with Crippen LogP contribution in [0.15, 0.2) is 41.6 Å². The second-order valence-corrected chi connectivity index (χ2v) is 11.9. The minimum atomic E-state index is -3.10. The van der Waals surface area contributed by atoms with Gasteiger partial charge in [0.15, 0.2) is 9.84 Å². The predicted octanol–water partition coefficient (Wildman–Crippen LogP) is 4.04. The number of rotatable bonds is 9. The molecule has 0 radical (unpaired) electrons. The first-order chi connectivity index (χ1) is 15.5. The average Bonchev–Trinajstić information content (AvgIpc) is 3.74. The molecule has 2 heterocycles. The SMILES string of the molecule is CCc1cnc(N2CCC(C3CC3COCc3ccc(S(=O)(=O)C4CC4)cc3)CC2)nc1. The third kappa shape index (κ3) is 4.84. The van der Waals surface area contributed by atoms with Gasteiger partial charge in [-0.05, 0) is 79.5 Å². The third-order valence-electron chi connectivity index (χ3n) is 7.32. The molecule has 1 aromatic carbocycles. The van der Waals surface area contributed by atoms with Crippen LogP contribution in [0.4, 0.5) is 5.95 Å².